The zero-order chi connectivity index (χ0) is 13.8. The highest BCUT2D eigenvalue weighted by molar-refractivity contribution is 14.1. The zero-order valence-electron chi connectivity index (χ0n) is 9.95. The van der Waals surface area contributed by atoms with E-state index in [4.69, 9.17) is 11.0 Å². The van der Waals surface area contributed by atoms with E-state index in [1.165, 1.54) is 6.07 Å². The fourth-order valence-corrected chi connectivity index (χ4v) is 2.15. The van der Waals surface area contributed by atoms with Crippen molar-refractivity contribution in [2.24, 2.45) is 0 Å². The lowest BCUT2D eigenvalue weighted by molar-refractivity contribution is 0.621. The first kappa shape index (κ1) is 13.6. The molecule has 2 aromatic carbocycles. The van der Waals surface area contributed by atoms with E-state index in [9.17, 15) is 4.39 Å². The zero-order valence-corrected chi connectivity index (χ0v) is 12.1. The lowest BCUT2D eigenvalue weighted by Crippen LogP contribution is -2.04. The molecule has 3 nitrogen and oxygen atoms in total. The van der Waals surface area contributed by atoms with Crippen LogP contribution in [-0.4, -0.2) is 0 Å². The summed E-state index contributed by atoms with van der Waals surface area (Å²) in [5.74, 6) is -0.303. The smallest absolute Gasteiger partial charge is 0.138 e. The van der Waals surface area contributed by atoms with Crippen molar-refractivity contribution in [3.05, 3.63) is 56.9 Å². The van der Waals surface area contributed by atoms with Gasteiger partial charge in [-0.25, -0.2) is 4.39 Å². The summed E-state index contributed by atoms with van der Waals surface area (Å²) in [4.78, 5) is 0. The number of halogens is 2. The first-order chi connectivity index (χ1) is 9.10. The van der Waals surface area contributed by atoms with E-state index in [2.05, 4.69) is 11.4 Å². The van der Waals surface area contributed by atoms with E-state index in [0.717, 1.165) is 5.56 Å². The van der Waals surface area contributed by atoms with Crippen LogP contribution in [0.5, 0.6) is 0 Å². The highest BCUT2D eigenvalue weighted by atomic mass is 127. The topological polar surface area (TPSA) is 61.8 Å². The van der Waals surface area contributed by atoms with Crippen LogP contribution in [0, 0.1) is 20.7 Å². The van der Waals surface area contributed by atoms with Crippen LogP contribution >= 0.6 is 22.6 Å². The Labute approximate surface area is 124 Å². The summed E-state index contributed by atoms with van der Waals surface area (Å²) in [6, 6.07) is 12.3. The number of nitrogens with zero attached hydrogens (tertiary/aromatic N) is 1. The van der Waals surface area contributed by atoms with E-state index in [1.807, 2.05) is 34.7 Å². The van der Waals surface area contributed by atoms with Crippen molar-refractivity contribution in [2.45, 2.75) is 6.54 Å². The maximum absolute atomic E-state index is 13.5. The molecule has 0 fully saturated rings. The Kier molecular flexibility index (Phi) is 4.22. The number of hydrogen-bond acceptors (Lipinski definition) is 3. The van der Waals surface area contributed by atoms with E-state index < -0.39 is 0 Å². The number of anilines is 2. The molecule has 0 unspecified atom stereocenters. The molecule has 5 heteroatoms. The molecule has 0 atom stereocenters. The third-order valence-electron chi connectivity index (χ3n) is 2.63. The number of hydrogen-bond donors (Lipinski definition) is 2. The van der Waals surface area contributed by atoms with Crippen molar-refractivity contribution in [1.82, 2.24) is 0 Å². The van der Waals surface area contributed by atoms with Gasteiger partial charge in [-0.15, -0.1) is 0 Å². The van der Waals surface area contributed by atoms with E-state index >= 15 is 0 Å². The van der Waals surface area contributed by atoms with Gasteiger partial charge in [0.25, 0.3) is 0 Å². The molecule has 0 amide bonds. The predicted molar refractivity (Wildman–Crippen MR) is 82.0 cm³/mol. The summed E-state index contributed by atoms with van der Waals surface area (Å²) in [6.07, 6.45) is 0. The highest BCUT2D eigenvalue weighted by Gasteiger charge is 2.05. The van der Waals surface area contributed by atoms with E-state index in [-0.39, 0.29) is 5.82 Å². The normalized spacial score (nSPS) is 9.95. The third-order valence-corrected chi connectivity index (χ3v) is 3.46. The minimum Gasteiger partial charge on any atom is -0.397 e. The molecule has 2 aromatic rings. The van der Waals surface area contributed by atoms with Crippen LogP contribution in [0.1, 0.15) is 11.1 Å². The van der Waals surface area contributed by atoms with Crippen molar-refractivity contribution in [3.8, 4) is 6.07 Å². The molecule has 3 N–H and O–H groups in total. The molecule has 96 valence electrons. The van der Waals surface area contributed by atoms with Gasteiger partial charge in [0.2, 0.25) is 0 Å². The van der Waals surface area contributed by atoms with E-state index in [1.54, 1.807) is 18.2 Å². The molecule has 0 aliphatic rings. The Balaban J connectivity index is 2.14. The quantitative estimate of drug-likeness (QED) is 0.645. The summed E-state index contributed by atoms with van der Waals surface area (Å²) >= 11 is 1.90. The van der Waals surface area contributed by atoms with Crippen LogP contribution in [0.15, 0.2) is 36.4 Å². The van der Waals surface area contributed by atoms with Crippen molar-refractivity contribution < 1.29 is 4.39 Å². The number of nitrogens with one attached hydrogen (secondary N) is 1. The number of nitrogens with two attached hydrogens (primary N) is 1. The Hall–Kier alpha value is -1.81. The molecule has 0 heterocycles. The van der Waals surface area contributed by atoms with Gasteiger partial charge in [0.05, 0.1) is 26.6 Å². The van der Waals surface area contributed by atoms with Crippen molar-refractivity contribution in [1.29, 1.82) is 5.26 Å². The largest absolute Gasteiger partial charge is 0.397 e. The SMILES string of the molecule is N#Cc1cccc(CNc2cc(F)c(I)cc2N)c1. The van der Waals surface area contributed by atoms with E-state index in [0.29, 0.717) is 27.1 Å². The molecule has 0 spiro atoms. The van der Waals surface area contributed by atoms with Crippen LogP contribution in [0.25, 0.3) is 0 Å². The maximum Gasteiger partial charge on any atom is 0.138 e. The Morgan fingerprint density at radius 2 is 2.11 bits per heavy atom. The van der Waals surface area contributed by atoms with Gasteiger partial charge in [-0.2, -0.15) is 5.26 Å². The fourth-order valence-electron chi connectivity index (χ4n) is 1.66. The molecule has 2 rings (SSSR count). The summed E-state index contributed by atoms with van der Waals surface area (Å²) in [5, 5.41) is 11.9. The van der Waals surface area contributed by atoms with Gasteiger partial charge in [0.15, 0.2) is 0 Å². The molecular formula is C14H11FIN3. The second-order valence-corrected chi connectivity index (χ2v) is 5.18. The number of benzene rings is 2. The van der Waals surface area contributed by atoms with Crippen molar-refractivity contribution >= 4 is 34.0 Å². The fraction of sp³-hybridized carbons (Fsp3) is 0.0714. The minimum absolute atomic E-state index is 0.303. The molecule has 0 radical (unpaired) electrons. The lowest BCUT2D eigenvalue weighted by Gasteiger charge is -2.10. The Morgan fingerprint density at radius 1 is 1.32 bits per heavy atom. The Morgan fingerprint density at radius 3 is 2.84 bits per heavy atom. The number of nitriles is 1. The second kappa shape index (κ2) is 5.89. The predicted octanol–water partition coefficient (Wildman–Crippen LogP) is 3.50. The summed E-state index contributed by atoms with van der Waals surface area (Å²) in [7, 11) is 0. The average molecular weight is 367 g/mol. The molecule has 19 heavy (non-hydrogen) atoms. The van der Waals surface area contributed by atoms with Crippen molar-refractivity contribution in [2.75, 3.05) is 11.1 Å². The van der Waals surface area contributed by atoms with Crippen LogP contribution < -0.4 is 11.1 Å². The monoisotopic (exact) mass is 367 g/mol. The molecule has 0 saturated heterocycles. The first-order valence-corrected chi connectivity index (χ1v) is 6.65. The molecule has 0 aliphatic heterocycles. The number of nitrogen functional groups attached to an aromatic ring is 1. The van der Waals surface area contributed by atoms with Crippen LogP contribution in [-0.2, 0) is 6.54 Å². The van der Waals surface area contributed by atoms with Crippen LogP contribution in [0.3, 0.4) is 0 Å². The summed E-state index contributed by atoms with van der Waals surface area (Å²) in [5.41, 5.74) is 8.42. The summed E-state index contributed by atoms with van der Waals surface area (Å²) < 4.78 is 14.0. The molecule has 0 bridgehead atoms. The van der Waals surface area contributed by atoms with Crippen LogP contribution in [0.4, 0.5) is 15.8 Å². The molecule has 0 aliphatic carbocycles. The van der Waals surface area contributed by atoms with Gasteiger partial charge in [0, 0.05) is 12.6 Å². The van der Waals surface area contributed by atoms with Gasteiger partial charge in [0.1, 0.15) is 5.82 Å². The van der Waals surface area contributed by atoms with Gasteiger partial charge in [-0.3, -0.25) is 0 Å². The first-order valence-electron chi connectivity index (χ1n) is 5.57. The van der Waals surface area contributed by atoms with Gasteiger partial charge in [-0.1, -0.05) is 12.1 Å². The maximum atomic E-state index is 13.5. The highest BCUT2D eigenvalue weighted by Crippen LogP contribution is 2.24. The second-order valence-electron chi connectivity index (χ2n) is 4.02. The summed E-state index contributed by atoms with van der Waals surface area (Å²) in [6.45, 7) is 0.486. The van der Waals surface area contributed by atoms with Gasteiger partial charge in [-0.05, 0) is 46.4 Å². The number of rotatable bonds is 3. The molecule has 0 aromatic heterocycles. The molecular weight excluding hydrogens is 356 g/mol. The standard InChI is InChI=1S/C14H11FIN3/c15-11-5-14(13(18)6-12(11)16)19-8-10-3-1-2-9(4-10)7-17/h1-6,19H,8,18H2. The van der Waals surface area contributed by atoms with Gasteiger partial charge >= 0.3 is 0 Å². The minimum atomic E-state index is -0.303. The van der Waals surface area contributed by atoms with Gasteiger partial charge < -0.3 is 11.1 Å². The third kappa shape index (κ3) is 3.35. The van der Waals surface area contributed by atoms with Crippen LogP contribution in [0.2, 0.25) is 0 Å². The average Bonchev–Trinajstić information content (AvgIpc) is 2.41. The molecule has 0 saturated carbocycles. The van der Waals surface area contributed by atoms with Crippen molar-refractivity contribution in [3.63, 3.8) is 0 Å². The lowest BCUT2D eigenvalue weighted by atomic mass is 10.1. The Bertz CT molecular complexity index is 650.